The van der Waals surface area contributed by atoms with E-state index >= 15 is 0 Å². The molecule has 0 aromatic carbocycles. The Kier molecular flexibility index (Phi) is 5.15. The average Bonchev–Trinajstić information content (AvgIpc) is 2.93. The first kappa shape index (κ1) is 13.8. The Morgan fingerprint density at radius 3 is 2.79 bits per heavy atom. The molecule has 1 aliphatic rings. The van der Waals surface area contributed by atoms with Gasteiger partial charge in [-0.1, -0.05) is 0 Å². The Bertz CT molecular complexity index is 398. The van der Waals surface area contributed by atoms with E-state index in [1.165, 1.54) is 12.8 Å². The number of carbonyl (C=O) groups is 1. The normalized spacial score (nSPS) is 15.4. The molecule has 0 atom stereocenters. The van der Waals surface area contributed by atoms with Gasteiger partial charge in [-0.25, -0.2) is 4.98 Å². The molecule has 2 rings (SSSR count). The summed E-state index contributed by atoms with van der Waals surface area (Å²) in [6.45, 7) is 6.81. The molecule has 1 amide bonds. The molecular formula is C14H22N4O. The summed E-state index contributed by atoms with van der Waals surface area (Å²) in [5.74, 6) is 0.755. The van der Waals surface area contributed by atoms with Crippen LogP contribution in [0.4, 0.5) is 5.82 Å². The van der Waals surface area contributed by atoms with Gasteiger partial charge in [-0.15, -0.1) is 0 Å². The molecule has 104 valence electrons. The summed E-state index contributed by atoms with van der Waals surface area (Å²) in [6.07, 6.45) is 4.18. The molecule has 1 aromatic rings. The lowest BCUT2D eigenvalue weighted by atomic mass is 10.2. The van der Waals surface area contributed by atoms with Gasteiger partial charge >= 0.3 is 0 Å². The third-order valence-corrected chi connectivity index (χ3v) is 3.30. The van der Waals surface area contributed by atoms with E-state index in [9.17, 15) is 4.79 Å². The van der Waals surface area contributed by atoms with Gasteiger partial charge in [0.15, 0.2) is 0 Å². The fraction of sp³-hybridized carbons (Fsp3) is 0.571. The van der Waals surface area contributed by atoms with Crippen LogP contribution in [0.25, 0.3) is 0 Å². The van der Waals surface area contributed by atoms with Gasteiger partial charge in [0.25, 0.3) is 5.91 Å². The number of nitrogens with one attached hydrogen (secondary N) is 2. The van der Waals surface area contributed by atoms with Gasteiger partial charge in [0, 0.05) is 25.8 Å². The lowest BCUT2D eigenvalue weighted by Gasteiger charge is -2.14. The van der Waals surface area contributed by atoms with Gasteiger partial charge < -0.3 is 15.5 Å². The molecule has 19 heavy (non-hydrogen) atoms. The standard InChI is InChI=1S/C14H22N4O/c1-2-15-13-6-5-12(11-17-13)14(19)16-7-10-18-8-3-4-9-18/h5-6,11H,2-4,7-10H2,1H3,(H,15,17)(H,16,19). The van der Waals surface area contributed by atoms with Crippen molar-refractivity contribution in [1.82, 2.24) is 15.2 Å². The van der Waals surface area contributed by atoms with Gasteiger partial charge in [0.2, 0.25) is 0 Å². The molecule has 1 aliphatic heterocycles. The van der Waals surface area contributed by atoms with Gasteiger partial charge in [-0.3, -0.25) is 4.79 Å². The number of anilines is 1. The van der Waals surface area contributed by atoms with E-state index in [1.54, 1.807) is 12.3 Å². The van der Waals surface area contributed by atoms with Crippen LogP contribution in [0.5, 0.6) is 0 Å². The lowest BCUT2D eigenvalue weighted by Crippen LogP contribution is -2.33. The van der Waals surface area contributed by atoms with Crippen LogP contribution in [0.15, 0.2) is 18.3 Å². The number of aromatic nitrogens is 1. The van der Waals surface area contributed by atoms with Crippen LogP contribution in [0.3, 0.4) is 0 Å². The number of carbonyl (C=O) groups excluding carboxylic acids is 1. The van der Waals surface area contributed by atoms with Crippen LogP contribution in [0.1, 0.15) is 30.1 Å². The highest BCUT2D eigenvalue weighted by molar-refractivity contribution is 5.94. The van der Waals surface area contributed by atoms with E-state index in [-0.39, 0.29) is 5.91 Å². The summed E-state index contributed by atoms with van der Waals surface area (Å²) in [6, 6.07) is 3.63. The minimum Gasteiger partial charge on any atom is -0.370 e. The average molecular weight is 262 g/mol. The minimum absolute atomic E-state index is 0.0465. The van der Waals surface area contributed by atoms with Crippen molar-refractivity contribution >= 4 is 11.7 Å². The van der Waals surface area contributed by atoms with Crippen molar-refractivity contribution in [3.05, 3.63) is 23.9 Å². The molecule has 0 spiro atoms. The molecule has 1 saturated heterocycles. The Hall–Kier alpha value is -1.62. The predicted molar refractivity (Wildman–Crippen MR) is 76.4 cm³/mol. The van der Waals surface area contributed by atoms with Crippen LogP contribution in [0.2, 0.25) is 0 Å². The van der Waals surface area contributed by atoms with E-state index in [1.807, 2.05) is 13.0 Å². The van der Waals surface area contributed by atoms with E-state index in [2.05, 4.69) is 20.5 Å². The highest BCUT2D eigenvalue weighted by Gasteiger charge is 2.11. The van der Waals surface area contributed by atoms with E-state index in [4.69, 9.17) is 0 Å². The Morgan fingerprint density at radius 1 is 1.37 bits per heavy atom. The maximum atomic E-state index is 11.9. The molecule has 1 fully saturated rings. The van der Waals surface area contributed by atoms with Crippen LogP contribution < -0.4 is 10.6 Å². The smallest absolute Gasteiger partial charge is 0.252 e. The van der Waals surface area contributed by atoms with Crippen LogP contribution in [-0.4, -0.2) is 48.5 Å². The first-order valence-corrected chi connectivity index (χ1v) is 7.00. The van der Waals surface area contributed by atoms with Gasteiger partial charge in [0.1, 0.15) is 5.82 Å². The first-order valence-electron chi connectivity index (χ1n) is 7.00. The number of nitrogens with zero attached hydrogens (tertiary/aromatic N) is 2. The second-order valence-electron chi connectivity index (χ2n) is 4.77. The van der Waals surface area contributed by atoms with E-state index in [0.29, 0.717) is 12.1 Å². The Labute approximate surface area is 114 Å². The monoisotopic (exact) mass is 262 g/mol. The van der Waals surface area contributed by atoms with Gasteiger partial charge in [0.05, 0.1) is 5.56 Å². The highest BCUT2D eigenvalue weighted by Crippen LogP contribution is 2.06. The second-order valence-corrected chi connectivity index (χ2v) is 4.77. The molecule has 0 bridgehead atoms. The number of pyridine rings is 1. The van der Waals surface area contributed by atoms with Crippen molar-refractivity contribution in [2.75, 3.05) is 38.0 Å². The molecule has 0 aliphatic carbocycles. The predicted octanol–water partition coefficient (Wildman–Crippen LogP) is 1.34. The summed E-state index contributed by atoms with van der Waals surface area (Å²) >= 11 is 0. The minimum atomic E-state index is -0.0465. The summed E-state index contributed by atoms with van der Waals surface area (Å²) in [4.78, 5) is 18.5. The molecule has 5 nitrogen and oxygen atoms in total. The molecule has 2 heterocycles. The van der Waals surface area contributed by atoms with Crippen molar-refractivity contribution < 1.29 is 4.79 Å². The maximum Gasteiger partial charge on any atom is 0.252 e. The lowest BCUT2D eigenvalue weighted by molar-refractivity contribution is 0.0949. The van der Waals surface area contributed by atoms with E-state index < -0.39 is 0 Å². The molecule has 1 aromatic heterocycles. The molecular weight excluding hydrogens is 240 g/mol. The fourth-order valence-electron chi connectivity index (χ4n) is 2.25. The fourth-order valence-corrected chi connectivity index (χ4v) is 2.25. The number of hydrogen-bond acceptors (Lipinski definition) is 4. The maximum absolute atomic E-state index is 11.9. The number of likely N-dealkylation sites (tertiary alicyclic amines) is 1. The Morgan fingerprint density at radius 2 is 2.16 bits per heavy atom. The molecule has 0 unspecified atom stereocenters. The van der Waals surface area contributed by atoms with Crippen LogP contribution >= 0.6 is 0 Å². The molecule has 0 radical (unpaired) electrons. The summed E-state index contributed by atoms with van der Waals surface area (Å²) in [5.41, 5.74) is 0.614. The van der Waals surface area contributed by atoms with Crippen LogP contribution in [0, 0.1) is 0 Å². The van der Waals surface area contributed by atoms with Crippen molar-refractivity contribution in [2.45, 2.75) is 19.8 Å². The van der Waals surface area contributed by atoms with Crippen LogP contribution in [-0.2, 0) is 0 Å². The second kappa shape index (κ2) is 7.09. The first-order chi connectivity index (χ1) is 9.29. The van der Waals surface area contributed by atoms with Gasteiger partial charge in [-0.2, -0.15) is 0 Å². The molecule has 0 saturated carbocycles. The number of hydrogen-bond donors (Lipinski definition) is 2. The molecule has 5 heteroatoms. The van der Waals surface area contributed by atoms with Crippen molar-refractivity contribution in [3.63, 3.8) is 0 Å². The quantitative estimate of drug-likeness (QED) is 0.812. The summed E-state index contributed by atoms with van der Waals surface area (Å²) in [7, 11) is 0. The highest BCUT2D eigenvalue weighted by atomic mass is 16.1. The van der Waals surface area contributed by atoms with Crippen molar-refractivity contribution in [2.24, 2.45) is 0 Å². The van der Waals surface area contributed by atoms with Crippen molar-refractivity contribution in [1.29, 1.82) is 0 Å². The number of rotatable bonds is 6. The topological polar surface area (TPSA) is 57.3 Å². The third kappa shape index (κ3) is 4.21. The van der Waals surface area contributed by atoms with E-state index in [0.717, 1.165) is 32.0 Å². The van der Waals surface area contributed by atoms with Crippen molar-refractivity contribution in [3.8, 4) is 0 Å². The zero-order chi connectivity index (χ0) is 13.5. The van der Waals surface area contributed by atoms with Gasteiger partial charge in [-0.05, 0) is 45.0 Å². The largest absolute Gasteiger partial charge is 0.370 e. The third-order valence-electron chi connectivity index (χ3n) is 3.30. The SMILES string of the molecule is CCNc1ccc(C(=O)NCCN2CCCC2)cn1. The number of amides is 1. The zero-order valence-electron chi connectivity index (χ0n) is 11.5. The molecule has 2 N–H and O–H groups in total. The zero-order valence-corrected chi connectivity index (χ0v) is 11.5. The Balaban J connectivity index is 1.75. The summed E-state index contributed by atoms with van der Waals surface area (Å²) < 4.78 is 0. The summed E-state index contributed by atoms with van der Waals surface area (Å²) in [5, 5.41) is 6.04.